The zero-order valence-corrected chi connectivity index (χ0v) is 9.59. The van der Waals surface area contributed by atoms with Gasteiger partial charge < -0.3 is 10.6 Å². The first kappa shape index (κ1) is 12.6. The number of carbonyl (C=O) groups excluding carboxylic acids is 1. The van der Waals surface area contributed by atoms with Gasteiger partial charge in [0, 0.05) is 25.2 Å². The number of amides is 1. The van der Waals surface area contributed by atoms with Crippen LogP contribution in [0, 0.1) is 0 Å². The van der Waals surface area contributed by atoms with Crippen LogP contribution in [-0.2, 0) is 4.79 Å². The molecule has 88 valence electrons. The monoisotopic (exact) mass is 224 g/mol. The van der Waals surface area contributed by atoms with Crippen molar-refractivity contribution in [3.05, 3.63) is 29.8 Å². The molecular formula is C12H17FN2O. The fourth-order valence-corrected chi connectivity index (χ4v) is 1.48. The lowest BCUT2D eigenvalue weighted by atomic mass is 10.1. The van der Waals surface area contributed by atoms with E-state index in [1.165, 1.54) is 6.92 Å². The Balaban J connectivity index is 2.69. The molecule has 1 atom stereocenters. The lowest BCUT2D eigenvalue weighted by Crippen LogP contribution is -2.21. The van der Waals surface area contributed by atoms with Crippen molar-refractivity contribution in [2.75, 3.05) is 18.5 Å². The Morgan fingerprint density at radius 2 is 2.25 bits per heavy atom. The van der Waals surface area contributed by atoms with Crippen LogP contribution in [0.3, 0.4) is 0 Å². The lowest BCUT2D eigenvalue weighted by Gasteiger charge is -2.14. The van der Waals surface area contributed by atoms with E-state index >= 15 is 0 Å². The number of hydrogen-bond donors (Lipinski definition) is 2. The second kappa shape index (κ2) is 6.23. The molecular weight excluding hydrogens is 207 g/mol. The van der Waals surface area contributed by atoms with Gasteiger partial charge in [-0.2, -0.15) is 0 Å². The van der Waals surface area contributed by atoms with Crippen molar-refractivity contribution in [1.29, 1.82) is 0 Å². The van der Waals surface area contributed by atoms with E-state index in [1.807, 2.05) is 31.2 Å². The molecule has 0 heterocycles. The van der Waals surface area contributed by atoms with Crippen LogP contribution in [0.2, 0.25) is 0 Å². The molecule has 4 heteroatoms. The first-order valence-corrected chi connectivity index (χ1v) is 5.30. The summed E-state index contributed by atoms with van der Waals surface area (Å²) in [5, 5.41) is 5.76. The van der Waals surface area contributed by atoms with Crippen molar-refractivity contribution < 1.29 is 9.18 Å². The van der Waals surface area contributed by atoms with Crippen LogP contribution < -0.4 is 10.6 Å². The first-order valence-electron chi connectivity index (χ1n) is 5.30. The molecule has 0 aliphatic heterocycles. The molecule has 0 fully saturated rings. The minimum Gasteiger partial charge on any atom is -0.326 e. The van der Waals surface area contributed by atoms with Crippen LogP contribution >= 0.6 is 0 Å². The van der Waals surface area contributed by atoms with E-state index in [2.05, 4.69) is 10.6 Å². The molecule has 0 aliphatic rings. The van der Waals surface area contributed by atoms with Gasteiger partial charge in [0.15, 0.2) is 0 Å². The van der Waals surface area contributed by atoms with Gasteiger partial charge in [0.05, 0.1) is 0 Å². The number of nitrogens with one attached hydrogen (secondary N) is 2. The fraction of sp³-hybridized carbons (Fsp3) is 0.417. The van der Waals surface area contributed by atoms with Gasteiger partial charge in [0.2, 0.25) is 5.91 Å². The third-order valence-corrected chi connectivity index (χ3v) is 2.25. The average molecular weight is 224 g/mol. The Kier molecular flexibility index (Phi) is 4.92. The van der Waals surface area contributed by atoms with Gasteiger partial charge in [0.1, 0.15) is 6.67 Å². The normalized spacial score (nSPS) is 12.2. The summed E-state index contributed by atoms with van der Waals surface area (Å²) in [5.74, 6) is -0.0958. The maximum absolute atomic E-state index is 12.0. The SMILES string of the molecule is CC(=O)Nc1cccc(C(C)NCCF)c1. The quantitative estimate of drug-likeness (QED) is 0.805. The average Bonchev–Trinajstić information content (AvgIpc) is 2.25. The molecule has 0 radical (unpaired) electrons. The maximum atomic E-state index is 12.0. The zero-order chi connectivity index (χ0) is 12.0. The number of rotatable bonds is 5. The summed E-state index contributed by atoms with van der Waals surface area (Å²) in [6.07, 6.45) is 0. The Labute approximate surface area is 95.0 Å². The number of anilines is 1. The Morgan fingerprint density at radius 1 is 1.50 bits per heavy atom. The van der Waals surface area contributed by atoms with E-state index < -0.39 is 0 Å². The molecule has 0 spiro atoms. The highest BCUT2D eigenvalue weighted by molar-refractivity contribution is 5.88. The summed E-state index contributed by atoms with van der Waals surface area (Å²) >= 11 is 0. The van der Waals surface area contributed by atoms with Gasteiger partial charge in [-0.05, 0) is 24.6 Å². The molecule has 0 saturated carbocycles. The smallest absolute Gasteiger partial charge is 0.221 e. The molecule has 0 aliphatic carbocycles. The van der Waals surface area contributed by atoms with E-state index in [4.69, 9.17) is 0 Å². The van der Waals surface area contributed by atoms with E-state index in [1.54, 1.807) is 0 Å². The summed E-state index contributed by atoms with van der Waals surface area (Å²) in [7, 11) is 0. The molecule has 0 saturated heterocycles. The van der Waals surface area contributed by atoms with Gasteiger partial charge in [-0.1, -0.05) is 12.1 Å². The molecule has 1 aromatic carbocycles. The minimum absolute atomic E-state index is 0.0736. The summed E-state index contributed by atoms with van der Waals surface area (Å²) in [5.41, 5.74) is 1.79. The highest BCUT2D eigenvalue weighted by Crippen LogP contribution is 2.17. The number of alkyl halides is 1. The van der Waals surface area contributed by atoms with E-state index in [-0.39, 0.29) is 18.6 Å². The number of hydrogen-bond acceptors (Lipinski definition) is 2. The first-order chi connectivity index (χ1) is 7.63. The molecule has 1 aromatic rings. The van der Waals surface area contributed by atoms with Crippen LogP contribution in [0.4, 0.5) is 10.1 Å². The highest BCUT2D eigenvalue weighted by Gasteiger charge is 2.05. The van der Waals surface area contributed by atoms with Crippen molar-refractivity contribution in [1.82, 2.24) is 5.32 Å². The Morgan fingerprint density at radius 3 is 2.88 bits per heavy atom. The van der Waals surface area contributed by atoms with Gasteiger partial charge in [-0.15, -0.1) is 0 Å². The molecule has 1 amide bonds. The summed E-state index contributed by atoms with van der Waals surface area (Å²) in [4.78, 5) is 10.9. The van der Waals surface area contributed by atoms with Crippen LogP contribution in [-0.4, -0.2) is 19.1 Å². The van der Waals surface area contributed by atoms with E-state index in [0.717, 1.165) is 11.3 Å². The standard InChI is InChI=1S/C12H17FN2O/c1-9(14-7-6-13)11-4-3-5-12(8-11)15-10(2)16/h3-5,8-9,14H,6-7H2,1-2H3,(H,15,16). The predicted octanol–water partition coefficient (Wildman–Crippen LogP) is 2.27. The molecule has 1 unspecified atom stereocenters. The van der Waals surface area contributed by atoms with Crippen LogP contribution in [0.25, 0.3) is 0 Å². The van der Waals surface area contributed by atoms with Crippen LogP contribution in [0.5, 0.6) is 0 Å². The second-order valence-electron chi connectivity index (χ2n) is 3.67. The highest BCUT2D eigenvalue weighted by atomic mass is 19.1. The fourth-order valence-electron chi connectivity index (χ4n) is 1.48. The van der Waals surface area contributed by atoms with Crippen molar-refractivity contribution in [3.63, 3.8) is 0 Å². The minimum atomic E-state index is -0.379. The second-order valence-corrected chi connectivity index (χ2v) is 3.67. The molecule has 16 heavy (non-hydrogen) atoms. The third kappa shape index (κ3) is 3.98. The number of benzene rings is 1. The number of halogens is 1. The van der Waals surface area contributed by atoms with Gasteiger partial charge >= 0.3 is 0 Å². The third-order valence-electron chi connectivity index (χ3n) is 2.25. The molecule has 3 nitrogen and oxygen atoms in total. The lowest BCUT2D eigenvalue weighted by molar-refractivity contribution is -0.114. The van der Waals surface area contributed by atoms with Crippen molar-refractivity contribution in [3.8, 4) is 0 Å². The van der Waals surface area contributed by atoms with Gasteiger partial charge in [0.25, 0.3) is 0 Å². The van der Waals surface area contributed by atoms with Crippen LogP contribution in [0.15, 0.2) is 24.3 Å². The maximum Gasteiger partial charge on any atom is 0.221 e. The Bertz CT molecular complexity index is 355. The van der Waals surface area contributed by atoms with E-state index in [0.29, 0.717) is 6.54 Å². The summed E-state index contributed by atoms with van der Waals surface area (Å²) in [6.45, 7) is 3.39. The number of carbonyl (C=O) groups is 1. The van der Waals surface area contributed by atoms with Gasteiger partial charge in [-0.25, -0.2) is 4.39 Å². The van der Waals surface area contributed by atoms with Crippen molar-refractivity contribution >= 4 is 11.6 Å². The van der Waals surface area contributed by atoms with Crippen molar-refractivity contribution in [2.24, 2.45) is 0 Å². The topological polar surface area (TPSA) is 41.1 Å². The largest absolute Gasteiger partial charge is 0.326 e. The predicted molar refractivity (Wildman–Crippen MR) is 63.1 cm³/mol. The molecule has 2 N–H and O–H groups in total. The Hall–Kier alpha value is -1.42. The van der Waals surface area contributed by atoms with Crippen LogP contribution in [0.1, 0.15) is 25.5 Å². The van der Waals surface area contributed by atoms with E-state index in [9.17, 15) is 9.18 Å². The molecule has 1 rings (SSSR count). The van der Waals surface area contributed by atoms with Gasteiger partial charge in [-0.3, -0.25) is 4.79 Å². The van der Waals surface area contributed by atoms with Crippen molar-refractivity contribution in [2.45, 2.75) is 19.9 Å². The molecule has 0 bridgehead atoms. The summed E-state index contributed by atoms with van der Waals surface area (Å²) < 4.78 is 12.0. The zero-order valence-electron chi connectivity index (χ0n) is 9.59. The molecule has 0 aromatic heterocycles. The summed E-state index contributed by atoms with van der Waals surface area (Å²) in [6, 6.07) is 7.60.